The topological polar surface area (TPSA) is 44.3 Å². The molecule has 2 fully saturated rings. The predicted octanol–water partition coefficient (Wildman–Crippen LogP) is 3.53. The summed E-state index contributed by atoms with van der Waals surface area (Å²) in [6.45, 7) is 9.15. The standard InChI is InChI=1S/C19H33N5/c1-3-17(4-2)24-14-10-16(15-24)21-19-20-11-9-18(22-19)23-12-7-5-6-8-13-23/h9,11,16-17H,3-8,10,12-15H2,1-2H3,(H,20,21,22). The monoisotopic (exact) mass is 331 g/mol. The second kappa shape index (κ2) is 8.65. The van der Waals surface area contributed by atoms with Crippen molar-refractivity contribution in [2.45, 2.75) is 70.9 Å². The van der Waals surface area contributed by atoms with E-state index in [2.05, 4.69) is 40.0 Å². The number of anilines is 2. The molecule has 1 atom stereocenters. The number of hydrogen-bond acceptors (Lipinski definition) is 5. The highest BCUT2D eigenvalue weighted by Gasteiger charge is 2.27. The first-order valence-electron chi connectivity index (χ1n) is 9.88. The lowest BCUT2D eigenvalue weighted by molar-refractivity contribution is 0.228. The van der Waals surface area contributed by atoms with Gasteiger partial charge in [-0.25, -0.2) is 4.98 Å². The van der Waals surface area contributed by atoms with E-state index in [0.29, 0.717) is 6.04 Å². The van der Waals surface area contributed by atoms with E-state index in [-0.39, 0.29) is 0 Å². The molecule has 2 saturated heterocycles. The van der Waals surface area contributed by atoms with Crippen molar-refractivity contribution in [2.75, 3.05) is 36.4 Å². The molecule has 1 unspecified atom stereocenters. The lowest BCUT2D eigenvalue weighted by Crippen LogP contribution is -2.34. The predicted molar refractivity (Wildman–Crippen MR) is 101 cm³/mol. The van der Waals surface area contributed by atoms with Gasteiger partial charge in [0.2, 0.25) is 5.95 Å². The number of nitrogens with zero attached hydrogens (tertiary/aromatic N) is 4. The van der Waals surface area contributed by atoms with Gasteiger partial charge in [-0.05, 0) is 38.2 Å². The quantitative estimate of drug-likeness (QED) is 0.864. The largest absolute Gasteiger partial charge is 0.356 e. The smallest absolute Gasteiger partial charge is 0.224 e. The van der Waals surface area contributed by atoms with Crippen LogP contribution in [0.1, 0.15) is 58.8 Å². The molecule has 0 aromatic carbocycles. The van der Waals surface area contributed by atoms with Crippen LogP contribution in [0.2, 0.25) is 0 Å². The summed E-state index contributed by atoms with van der Waals surface area (Å²) in [6.07, 6.45) is 10.8. The van der Waals surface area contributed by atoms with Gasteiger partial charge in [-0.3, -0.25) is 4.90 Å². The van der Waals surface area contributed by atoms with Crippen LogP contribution in [0.4, 0.5) is 11.8 Å². The van der Waals surface area contributed by atoms with Gasteiger partial charge in [0.05, 0.1) is 0 Å². The van der Waals surface area contributed by atoms with E-state index in [9.17, 15) is 0 Å². The summed E-state index contributed by atoms with van der Waals surface area (Å²) >= 11 is 0. The Morgan fingerprint density at radius 2 is 1.88 bits per heavy atom. The van der Waals surface area contributed by atoms with E-state index >= 15 is 0 Å². The van der Waals surface area contributed by atoms with Crippen LogP contribution in [0.3, 0.4) is 0 Å². The van der Waals surface area contributed by atoms with Crippen molar-refractivity contribution < 1.29 is 0 Å². The van der Waals surface area contributed by atoms with Crippen LogP contribution in [0, 0.1) is 0 Å². The van der Waals surface area contributed by atoms with Gasteiger partial charge in [-0.2, -0.15) is 4.98 Å². The van der Waals surface area contributed by atoms with E-state index in [0.717, 1.165) is 37.4 Å². The number of rotatable bonds is 6. The van der Waals surface area contributed by atoms with Crippen LogP contribution in [0.15, 0.2) is 12.3 Å². The molecule has 0 radical (unpaired) electrons. The van der Waals surface area contributed by atoms with Gasteiger partial charge >= 0.3 is 0 Å². The molecular formula is C19H33N5. The molecule has 5 nitrogen and oxygen atoms in total. The van der Waals surface area contributed by atoms with Crippen molar-refractivity contribution in [1.82, 2.24) is 14.9 Å². The molecule has 2 aliphatic rings. The molecule has 1 N–H and O–H groups in total. The molecule has 2 aliphatic heterocycles. The van der Waals surface area contributed by atoms with E-state index < -0.39 is 0 Å². The Morgan fingerprint density at radius 1 is 1.12 bits per heavy atom. The number of aromatic nitrogens is 2. The fourth-order valence-corrected chi connectivity index (χ4v) is 4.12. The molecule has 0 aliphatic carbocycles. The van der Waals surface area contributed by atoms with Gasteiger partial charge < -0.3 is 10.2 Å². The highest BCUT2D eigenvalue weighted by molar-refractivity contribution is 5.43. The molecule has 0 saturated carbocycles. The Balaban J connectivity index is 1.59. The van der Waals surface area contributed by atoms with Gasteiger partial charge in [0, 0.05) is 44.5 Å². The van der Waals surface area contributed by atoms with Crippen LogP contribution in [-0.4, -0.2) is 53.1 Å². The molecule has 1 aromatic heterocycles. The molecular weight excluding hydrogens is 298 g/mol. The molecule has 1 aromatic rings. The highest BCUT2D eigenvalue weighted by Crippen LogP contribution is 2.21. The lowest BCUT2D eigenvalue weighted by Gasteiger charge is -2.26. The first-order valence-corrected chi connectivity index (χ1v) is 9.88. The minimum atomic E-state index is 0.477. The minimum absolute atomic E-state index is 0.477. The first-order chi connectivity index (χ1) is 11.8. The molecule has 24 heavy (non-hydrogen) atoms. The third-order valence-corrected chi connectivity index (χ3v) is 5.58. The van der Waals surface area contributed by atoms with Gasteiger partial charge in [0.15, 0.2) is 0 Å². The maximum Gasteiger partial charge on any atom is 0.224 e. The molecule has 0 amide bonds. The second-order valence-electron chi connectivity index (χ2n) is 7.23. The van der Waals surface area contributed by atoms with Gasteiger partial charge in [-0.15, -0.1) is 0 Å². The average molecular weight is 332 g/mol. The molecule has 3 rings (SSSR count). The van der Waals surface area contributed by atoms with Crippen LogP contribution >= 0.6 is 0 Å². The van der Waals surface area contributed by atoms with Crippen LogP contribution in [-0.2, 0) is 0 Å². The highest BCUT2D eigenvalue weighted by atomic mass is 15.3. The fourth-order valence-electron chi connectivity index (χ4n) is 4.12. The van der Waals surface area contributed by atoms with Crippen molar-refractivity contribution in [3.63, 3.8) is 0 Å². The first kappa shape index (κ1) is 17.5. The fraction of sp³-hybridized carbons (Fsp3) is 0.789. The zero-order chi connectivity index (χ0) is 16.8. The summed E-state index contributed by atoms with van der Waals surface area (Å²) < 4.78 is 0. The number of hydrogen-bond donors (Lipinski definition) is 1. The average Bonchev–Trinajstić information content (AvgIpc) is 2.89. The zero-order valence-corrected chi connectivity index (χ0v) is 15.4. The summed E-state index contributed by atoms with van der Waals surface area (Å²) in [4.78, 5) is 14.3. The Labute approximate surface area is 146 Å². The van der Waals surface area contributed by atoms with Crippen LogP contribution < -0.4 is 10.2 Å². The molecule has 0 spiro atoms. The van der Waals surface area contributed by atoms with Crippen molar-refractivity contribution in [1.29, 1.82) is 0 Å². The molecule has 134 valence electrons. The summed E-state index contributed by atoms with van der Waals surface area (Å²) in [6, 6.07) is 3.26. The maximum absolute atomic E-state index is 4.80. The number of nitrogens with one attached hydrogen (secondary N) is 1. The normalized spacial score (nSPS) is 22.8. The van der Waals surface area contributed by atoms with E-state index in [4.69, 9.17) is 4.98 Å². The Bertz CT molecular complexity index is 494. The Kier molecular flexibility index (Phi) is 6.30. The number of likely N-dealkylation sites (tertiary alicyclic amines) is 1. The van der Waals surface area contributed by atoms with Crippen molar-refractivity contribution in [3.8, 4) is 0 Å². The van der Waals surface area contributed by atoms with E-state index in [1.54, 1.807) is 0 Å². The van der Waals surface area contributed by atoms with Crippen LogP contribution in [0.25, 0.3) is 0 Å². The van der Waals surface area contributed by atoms with Gasteiger partial charge in [0.25, 0.3) is 0 Å². The second-order valence-corrected chi connectivity index (χ2v) is 7.23. The van der Waals surface area contributed by atoms with Crippen molar-refractivity contribution in [2.24, 2.45) is 0 Å². The third kappa shape index (κ3) is 4.38. The molecule has 3 heterocycles. The maximum atomic E-state index is 4.80. The SMILES string of the molecule is CCC(CC)N1CCC(Nc2nccc(N3CCCCCC3)n2)C1. The third-order valence-electron chi connectivity index (χ3n) is 5.58. The van der Waals surface area contributed by atoms with Gasteiger partial charge in [-0.1, -0.05) is 26.7 Å². The summed E-state index contributed by atoms with van der Waals surface area (Å²) in [5, 5.41) is 3.58. The molecule has 0 bridgehead atoms. The van der Waals surface area contributed by atoms with E-state index in [1.165, 1.54) is 51.5 Å². The summed E-state index contributed by atoms with van der Waals surface area (Å²) in [5.41, 5.74) is 0. The Morgan fingerprint density at radius 3 is 2.58 bits per heavy atom. The van der Waals surface area contributed by atoms with Gasteiger partial charge in [0.1, 0.15) is 5.82 Å². The summed E-state index contributed by atoms with van der Waals surface area (Å²) in [5.74, 6) is 1.89. The molecule has 5 heteroatoms. The minimum Gasteiger partial charge on any atom is -0.356 e. The Hall–Kier alpha value is -1.36. The van der Waals surface area contributed by atoms with Crippen molar-refractivity contribution >= 4 is 11.8 Å². The summed E-state index contributed by atoms with van der Waals surface area (Å²) in [7, 11) is 0. The lowest BCUT2D eigenvalue weighted by atomic mass is 10.1. The van der Waals surface area contributed by atoms with E-state index in [1.807, 2.05) is 6.20 Å². The van der Waals surface area contributed by atoms with Crippen LogP contribution in [0.5, 0.6) is 0 Å². The zero-order valence-electron chi connectivity index (χ0n) is 15.4. The van der Waals surface area contributed by atoms with Crippen molar-refractivity contribution in [3.05, 3.63) is 12.3 Å².